The van der Waals surface area contributed by atoms with E-state index in [0.717, 1.165) is 33.0 Å². The summed E-state index contributed by atoms with van der Waals surface area (Å²) in [6, 6.07) is 11.7. The van der Waals surface area contributed by atoms with Crippen LogP contribution in [0.1, 0.15) is 30.5 Å². The Balaban J connectivity index is 2.49. The first kappa shape index (κ1) is 17.3. The molecule has 0 bridgehead atoms. The van der Waals surface area contributed by atoms with E-state index in [1.165, 1.54) is 0 Å². The van der Waals surface area contributed by atoms with Gasteiger partial charge in [0.05, 0.1) is 6.04 Å². The van der Waals surface area contributed by atoms with Gasteiger partial charge in [-0.15, -0.1) is 0 Å². The molecule has 1 nitrogen and oxygen atoms in total. The van der Waals surface area contributed by atoms with Crippen LogP contribution in [0, 0.1) is 0 Å². The molecule has 1 unspecified atom stereocenters. The van der Waals surface area contributed by atoms with Gasteiger partial charge in [0.25, 0.3) is 0 Å². The summed E-state index contributed by atoms with van der Waals surface area (Å²) in [5.74, 6) is 0. The van der Waals surface area contributed by atoms with Gasteiger partial charge in [-0.05, 0) is 54.4 Å². The maximum Gasteiger partial charge on any atom is 0.0603 e. The molecule has 2 aromatic rings. The molecular formula is C16H15Br2Cl2N. The number of rotatable bonds is 5. The van der Waals surface area contributed by atoms with Gasteiger partial charge in [-0.1, -0.05) is 68.1 Å². The van der Waals surface area contributed by atoms with Crippen LogP contribution in [0.4, 0.5) is 0 Å². The van der Waals surface area contributed by atoms with Crippen molar-refractivity contribution in [2.45, 2.75) is 19.4 Å². The summed E-state index contributed by atoms with van der Waals surface area (Å²) in [5, 5.41) is 4.94. The van der Waals surface area contributed by atoms with Crippen molar-refractivity contribution in [2.24, 2.45) is 0 Å². The molecule has 1 atom stereocenters. The maximum absolute atomic E-state index is 6.38. The molecule has 0 aliphatic rings. The molecule has 0 saturated carbocycles. The predicted octanol–water partition coefficient (Wildman–Crippen LogP) is 6.61. The molecule has 112 valence electrons. The van der Waals surface area contributed by atoms with Gasteiger partial charge in [-0.25, -0.2) is 0 Å². The van der Waals surface area contributed by atoms with E-state index in [4.69, 9.17) is 23.2 Å². The lowest BCUT2D eigenvalue weighted by Gasteiger charge is -2.22. The summed E-state index contributed by atoms with van der Waals surface area (Å²) in [7, 11) is 0. The minimum atomic E-state index is -0.00127. The minimum absolute atomic E-state index is 0.00127. The van der Waals surface area contributed by atoms with Gasteiger partial charge in [0, 0.05) is 19.0 Å². The van der Waals surface area contributed by atoms with E-state index >= 15 is 0 Å². The topological polar surface area (TPSA) is 12.0 Å². The third kappa shape index (κ3) is 4.46. The number of nitrogens with one attached hydrogen (secondary N) is 1. The highest BCUT2D eigenvalue weighted by molar-refractivity contribution is 9.11. The monoisotopic (exact) mass is 449 g/mol. The van der Waals surface area contributed by atoms with Crippen LogP contribution >= 0.6 is 55.1 Å². The van der Waals surface area contributed by atoms with Crippen LogP contribution in [0.25, 0.3) is 0 Å². The lowest BCUT2D eigenvalue weighted by Crippen LogP contribution is -2.24. The summed E-state index contributed by atoms with van der Waals surface area (Å²) < 4.78 is 2.06. The first-order chi connectivity index (χ1) is 10.0. The van der Waals surface area contributed by atoms with E-state index in [2.05, 4.69) is 50.2 Å². The zero-order chi connectivity index (χ0) is 15.4. The molecule has 0 saturated heterocycles. The van der Waals surface area contributed by atoms with Gasteiger partial charge in [-0.3, -0.25) is 0 Å². The van der Waals surface area contributed by atoms with Crippen LogP contribution < -0.4 is 5.32 Å². The number of benzene rings is 2. The average Bonchev–Trinajstić information content (AvgIpc) is 2.44. The van der Waals surface area contributed by atoms with E-state index in [9.17, 15) is 0 Å². The summed E-state index contributed by atoms with van der Waals surface area (Å²) in [6.07, 6.45) is 1.04. The highest BCUT2D eigenvalue weighted by Crippen LogP contribution is 2.35. The van der Waals surface area contributed by atoms with E-state index in [1.807, 2.05) is 24.3 Å². The molecule has 0 aliphatic carbocycles. The van der Waals surface area contributed by atoms with Crippen molar-refractivity contribution in [1.29, 1.82) is 0 Å². The number of hydrogen-bond acceptors (Lipinski definition) is 1. The van der Waals surface area contributed by atoms with Crippen LogP contribution in [0.15, 0.2) is 45.3 Å². The van der Waals surface area contributed by atoms with Crippen LogP contribution in [0.3, 0.4) is 0 Å². The van der Waals surface area contributed by atoms with E-state index < -0.39 is 0 Å². The molecule has 21 heavy (non-hydrogen) atoms. The Hall–Kier alpha value is -0.0600. The molecule has 0 radical (unpaired) electrons. The summed E-state index contributed by atoms with van der Waals surface area (Å²) >= 11 is 19.6. The van der Waals surface area contributed by atoms with E-state index in [-0.39, 0.29) is 6.04 Å². The van der Waals surface area contributed by atoms with Gasteiger partial charge < -0.3 is 5.32 Å². The fourth-order valence-corrected chi connectivity index (χ4v) is 3.83. The lowest BCUT2D eigenvalue weighted by molar-refractivity contribution is 0.597. The van der Waals surface area contributed by atoms with Gasteiger partial charge in [-0.2, -0.15) is 0 Å². The molecule has 0 fully saturated rings. The van der Waals surface area contributed by atoms with Crippen LogP contribution in [-0.4, -0.2) is 6.54 Å². The minimum Gasteiger partial charge on any atom is -0.306 e. The normalized spacial score (nSPS) is 12.4. The Labute approximate surface area is 152 Å². The fourth-order valence-electron chi connectivity index (χ4n) is 2.15. The molecule has 2 rings (SSSR count). The Bertz CT molecular complexity index is 632. The fraction of sp³-hybridized carbons (Fsp3) is 0.250. The average molecular weight is 452 g/mol. The zero-order valence-corrected chi connectivity index (χ0v) is 16.2. The molecular weight excluding hydrogens is 437 g/mol. The van der Waals surface area contributed by atoms with Crippen LogP contribution in [-0.2, 0) is 0 Å². The third-order valence-corrected chi connectivity index (χ3v) is 4.90. The quantitative estimate of drug-likeness (QED) is 0.539. The highest BCUT2D eigenvalue weighted by atomic mass is 79.9. The van der Waals surface area contributed by atoms with Crippen molar-refractivity contribution in [3.8, 4) is 0 Å². The third-order valence-electron chi connectivity index (χ3n) is 3.14. The number of hydrogen-bond donors (Lipinski definition) is 1. The van der Waals surface area contributed by atoms with Crippen molar-refractivity contribution >= 4 is 55.1 Å². The van der Waals surface area contributed by atoms with Crippen LogP contribution in [0.2, 0.25) is 10.0 Å². The summed E-state index contributed by atoms with van der Waals surface area (Å²) in [4.78, 5) is 0. The van der Waals surface area contributed by atoms with Gasteiger partial charge >= 0.3 is 0 Å². The Morgan fingerprint density at radius 3 is 2.48 bits per heavy atom. The van der Waals surface area contributed by atoms with E-state index in [0.29, 0.717) is 10.0 Å². The Kier molecular flexibility index (Phi) is 6.57. The molecule has 2 aromatic carbocycles. The van der Waals surface area contributed by atoms with Crippen molar-refractivity contribution in [3.63, 3.8) is 0 Å². The molecule has 5 heteroatoms. The first-order valence-corrected chi connectivity index (χ1v) is 9.00. The van der Waals surface area contributed by atoms with Crippen LogP contribution in [0.5, 0.6) is 0 Å². The van der Waals surface area contributed by atoms with Gasteiger partial charge in [0.2, 0.25) is 0 Å². The van der Waals surface area contributed by atoms with Gasteiger partial charge in [0.15, 0.2) is 0 Å². The molecule has 0 amide bonds. The SMILES string of the molecule is CCCNC(c1cc(Cl)ccc1Cl)c1ccc(Br)cc1Br. The Morgan fingerprint density at radius 2 is 1.81 bits per heavy atom. The van der Waals surface area contributed by atoms with Crippen molar-refractivity contribution < 1.29 is 0 Å². The lowest BCUT2D eigenvalue weighted by atomic mass is 9.98. The largest absolute Gasteiger partial charge is 0.306 e. The highest BCUT2D eigenvalue weighted by Gasteiger charge is 2.19. The smallest absolute Gasteiger partial charge is 0.0603 e. The maximum atomic E-state index is 6.38. The number of halogens is 4. The van der Waals surface area contributed by atoms with Crippen molar-refractivity contribution in [1.82, 2.24) is 5.32 Å². The molecule has 0 spiro atoms. The zero-order valence-electron chi connectivity index (χ0n) is 11.5. The first-order valence-electron chi connectivity index (χ1n) is 6.66. The summed E-state index contributed by atoms with van der Waals surface area (Å²) in [6.45, 7) is 3.04. The second kappa shape index (κ2) is 7.98. The second-order valence-corrected chi connectivity index (χ2v) is 7.33. The molecule has 0 heterocycles. The predicted molar refractivity (Wildman–Crippen MR) is 98.4 cm³/mol. The van der Waals surface area contributed by atoms with Crippen molar-refractivity contribution in [3.05, 3.63) is 66.5 Å². The standard InChI is InChI=1S/C16H15Br2Cl2N/c1-2-7-21-16(12-5-3-10(17)8-14(12)18)13-9-11(19)4-6-15(13)20/h3-6,8-9,16,21H,2,7H2,1H3. The summed E-state index contributed by atoms with van der Waals surface area (Å²) in [5.41, 5.74) is 2.12. The van der Waals surface area contributed by atoms with Gasteiger partial charge in [0.1, 0.15) is 0 Å². The molecule has 1 N–H and O–H groups in total. The second-order valence-electron chi connectivity index (χ2n) is 4.72. The Morgan fingerprint density at radius 1 is 1.05 bits per heavy atom. The molecule has 0 aliphatic heterocycles. The van der Waals surface area contributed by atoms with E-state index in [1.54, 1.807) is 6.07 Å². The van der Waals surface area contributed by atoms with Crippen molar-refractivity contribution in [2.75, 3.05) is 6.54 Å². The molecule has 0 aromatic heterocycles.